The van der Waals surface area contributed by atoms with E-state index in [0.717, 1.165) is 43.2 Å². The molecule has 0 unspecified atom stereocenters. The SMILES string of the molecule is Cc1noc(C2CCN(c3ncnc4c(C)csc34)CC2)n1. The van der Waals surface area contributed by atoms with E-state index in [9.17, 15) is 0 Å². The molecule has 6 nitrogen and oxygen atoms in total. The molecular formula is C15H17N5OS. The Bertz CT molecular complexity index is 803. The zero-order valence-electron chi connectivity index (χ0n) is 12.6. The van der Waals surface area contributed by atoms with Crippen molar-refractivity contribution in [3.8, 4) is 0 Å². The predicted octanol–water partition coefficient (Wildman–Crippen LogP) is 3.08. The van der Waals surface area contributed by atoms with Gasteiger partial charge in [0.1, 0.15) is 12.1 Å². The van der Waals surface area contributed by atoms with Gasteiger partial charge < -0.3 is 9.42 Å². The van der Waals surface area contributed by atoms with Crippen LogP contribution in [0.15, 0.2) is 16.2 Å². The van der Waals surface area contributed by atoms with E-state index in [4.69, 9.17) is 4.52 Å². The van der Waals surface area contributed by atoms with Crippen LogP contribution in [0.2, 0.25) is 0 Å². The number of hydrogen-bond donors (Lipinski definition) is 0. The normalized spacial score (nSPS) is 16.5. The van der Waals surface area contributed by atoms with Gasteiger partial charge in [-0.3, -0.25) is 0 Å². The third-order valence-corrected chi connectivity index (χ3v) is 5.28. The van der Waals surface area contributed by atoms with Crippen molar-refractivity contribution in [3.05, 3.63) is 29.0 Å². The summed E-state index contributed by atoms with van der Waals surface area (Å²) in [6.45, 7) is 5.86. The van der Waals surface area contributed by atoms with Crippen LogP contribution in [-0.2, 0) is 0 Å². The van der Waals surface area contributed by atoms with E-state index >= 15 is 0 Å². The number of aromatic nitrogens is 4. The lowest BCUT2D eigenvalue weighted by Crippen LogP contribution is -2.33. The summed E-state index contributed by atoms with van der Waals surface area (Å²) in [7, 11) is 0. The first-order valence-corrected chi connectivity index (χ1v) is 8.34. The molecule has 1 fully saturated rings. The molecule has 114 valence electrons. The summed E-state index contributed by atoms with van der Waals surface area (Å²) in [6, 6.07) is 0. The molecule has 0 radical (unpaired) electrons. The molecule has 4 heterocycles. The van der Waals surface area contributed by atoms with Crippen molar-refractivity contribution in [2.75, 3.05) is 18.0 Å². The zero-order chi connectivity index (χ0) is 15.1. The van der Waals surface area contributed by atoms with Crippen LogP contribution in [0.25, 0.3) is 10.2 Å². The van der Waals surface area contributed by atoms with Crippen molar-refractivity contribution in [1.29, 1.82) is 0 Å². The van der Waals surface area contributed by atoms with Crippen molar-refractivity contribution >= 4 is 27.4 Å². The molecule has 0 atom stereocenters. The summed E-state index contributed by atoms with van der Waals surface area (Å²) < 4.78 is 6.50. The summed E-state index contributed by atoms with van der Waals surface area (Å²) in [4.78, 5) is 15.6. The second-order valence-electron chi connectivity index (χ2n) is 5.73. The van der Waals surface area contributed by atoms with E-state index in [1.807, 2.05) is 6.92 Å². The van der Waals surface area contributed by atoms with Gasteiger partial charge in [0.25, 0.3) is 0 Å². The number of nitrogens with zero attached hydrogens (tertiary/aromatic N) is 5. The first-order chi connectivity index (χ1) is 10.7. The molecule has 0 spiro atoms. The van der Waals surface area contributed by atoms with Gasteiger partial charge in [-0.25, -0.2) is 9.97 Å². The molecule has 0 bridgehead atoms. The van der Waals surface area contributed by atoms with Crippen LogP contribution in [0.5, 0.6) is 0 Å². The minimum atomic E-state index is 0.361. The summed E-state index contributed by atoms with van der Waals surface area (Å²) >= 11 is 1.73. The fraction of sp³-hybridized carbons (Fsp3) is 0.467. The fourth-order valence-electron chi connectivity index (χ4n) is 3.00. The van der Waals surface area contributed by atoms with Gasteiger partial charge in [-0.05, 0) is 37.6 Å². The average molecular weight is 315 g/mol. The van der Waals surface area contributed by atoms with Crippen LogP contribution < -0.4 is 4.90 Å². The molecule has 0 aliphatic carbocycles. The van der Waals surface area contributed by atoms with Crippen LogP contribution in [0.1, 0.15) is 36.0 Å². The topological polar surface area (TPSA) is 67.9 Å². The largest absolute Gasteiger partial charge is 0.355 e. The highest BCUT2D eigenvalue weighted by molar-refractivity contribution is 7.18. The maximum absolute atomic E-state index is 5.32. The van der Waals surface area contributed by atoms with Gasteiger partial charge in [0.2, 0.25) is 5.89 Å². The van der Waals surface area contributed by atoms with Gasteiger partial charge in [0.05, 0.1) is 10.2 Å². The van der Waals surface area contributed by atoms with E-state index in [0.29, 0.717) is 11.7 Å². The lowest BCUT2D eigenvalue weighted by molar-refractivity contribution is 0.327. The highest BCUT2D eigenvalue weighted by Gasteiger charge is 2.26. The molecule has 1 aliphatic heterocycles. The molecule has 3 aromatic rings. The molecular weight excluding hydrogens is 298 g/mol. The van der Waals surface area contributed by atoms with E-state index in [1.54, 1.807) is 17.7 Å². The quantitative estimate of drug-likeness (QED) is 0.724. The Kier molecular flexibility index (Phi) is 3.29. The molecule has 4 rings (SSSR count). The van der Waals surface area contributed by atoms with Crippen molar-refractivity contribution < 1.29 is 4.52 Å². The number of thiophene rings is 1. The van der Waals surface area contributed by atoms with Crippen molar-refractivity contribution in [2.45, 2.75) is 32.6 Å². The van der Waals surface area contributed by atoms with E-state index in [-0.39, 0.29) is 0 Å². The zero-order valence-corrected chi connectivity index (χ0v) is 13.4. The Morgan fingerprint density at radius 1 is 1.23 bits per heavy atom. The molecule has 1 saturated heterocycles. The van der Waals surface area contributed by atoms with Crippen LogP contribution in [0, 0.1) is 13.8 Å². The predicted molar refractivity (Wildman–Crippen MR) is 85.4 cm³/mol. The minimum Gasteiger partial charge on any atom is -0.355 e. The number of fused-ring (bicyclic) bond motifs is 1. The first kappa shape index (κ1) is 13.6. The van der Waals surface area contributed by atoms with Crippen LogP contribution in [0.3, 0.4) is 0 Å². The second-order valence-corrected chi connectivity index (χ2v) is 6.61. The maximum Gasteiger partial charge on any atom is 0.229 e. The number of anilines is 1. The molecule has 22 heavy (non-hydrogen) atoms. The number of piperidine rings is 1. The summed E-state index contributed by atoms with van der Waals surface area (Å²) in [5, 5.41) is 6.04. The van der Waals surface area contributed by atoms with Crippen molar-refractivity contribution in [3.63, 3.8) is 0 Å². The van der Waals surface area contributed by atoms with Gasteiger partial charge in [-0.1, -0.05) is 5.16 Å². The third-order valence-electron chi connectivity index (χ3n) is 4.20. The molecule has 0 saturated carbocycles. The van der Waals surface area contributed by atoms with Gasteiger partial charge in [0.15, 0.2) is 5.82 Å². The first-order valence-electron chi connectivity index (χ1n) is 7.46. The Balaban J connectivity index is 1.55. The smallest absolute Gasteiger partial charge is 0.229 e. The standard InChI is InChI=1S/C15H17N5OS/c1-9-7-22-13-12(9)16-8-17-14(13)20-5-3-11(4-6-20)15-18-10(2)19-21-15/h7-8,11H,3-6H2,1-2H3. The second kappa shape index (κ2) is 5.31. The van der Waals surface area contributed by atoms with Crippen molar-refractivity contribution in [2.24, 2.45) is 0 Å². The van der Waals surface area contributed by atoms with E-state index in [2.05, 4.69) is 37.3 Å². The molecule has 0 aromatic carbocycles. The Morgan fingerprint density at radius 2 is 2.05 bits per heavy atom. The summed E-state index contributed by atoms with van der Waals surface area (Å²) in [5.74, 6) is 2.91. The Hall–Kier alpha value is -2.02. The van der Waals surface area contributed by atoms with Gasteiger partial charge >= 0.3 is 0 Å². The monoisotopic (exact) mass is 315 g/mol. The van der Waals surface area contributed by atoms with Gasteiger partial charge in [-0.2, -0.15) is 4.98 Å². The Labute approximate surface area is 132 Å². The highest BCUT2D eigenvalue weighted by atomic mass is 32.1. The molecule has 7 heteroatoms. The lowest BCUT2D eigenvalue weighted by Gasteiger charge is -2.31. The van der Waals surface area contributed by atoms with Crippen LogP contribution in [0.4, 0.5) is 5.82 Å². The number of rotatable bonds is 2. The molecule has 1 aliphatic rings. The van der Waals surface area contributed by atoms with Crippen LogP contribution >= 0.6 is 11.3 Å². The average Bonchev–Trinajstić information content (AvgIpc) is 3.14. The van der Waals surface area contributed by atoms with Crippen LogP contribution in [-0.4, -0.2) is 33.2 Å². The highest BCUT2D eigenvalue weighted by Crippen LogP contribution is 2.34. The third kappa shape index (κ3) is 2.25. The van der Waals surface area contributed by atoms with Gasteiger partial charge in [0, 0.05) is 19.0 Å². The molecule has 3 aromatic heterocycles. The molecule has 0 N–H and O–H groups in total. The lowest BCUT2D eigenvalue weighted by atomic mass is 9.97. The molecule has 0 amide bonds. The number of hydrogen-bond acceptors (Lipinski definition) is 7. The van der Waals surface area contributed by atoms with E-state index < -0.39 is 0 Å². The Morgan fingerprint density at radius 3 is 2.77 bits per heavy atom. The van der Waals surface area contributed by atoms with E-state index in [1.165, 1.54) is 10.3 Å². The van der Waals surface area contributed by atoms with Crippen molar-refractivity contribution in [1.82, 2.24) is 20.1 Å². The maximum atomic E-state index is 5.32. The summed E-state index contributed by atoms with van der Waals surface area (Å²) in [5.41, 5.74) is 2.30. The van der Waals surface area contributed by atoms with Gasteiger partial charge in [-0.15, -0.1) is 11.3 Å². The number of aryl methyl sites for hydroxylation is 2. The fourth-order valence-corrected chi connectivity index (χ4v) is 4.02. The summed E-state index contributed by atoms with van der Waals surface area (Å²) in [6.07, 6.45) is 3.69. The minimum absolute atomic E-state index is 0.361.